The zero-order valence-electron chi connectivity index (χ0n) is 13.9. The van der Waals surface area contributed by atoms with Gasteiger partial charge in [-0.3, -0.25) is 9.88 Å². The maximum Gasteiger partial charge on any atom is 0.0395 e. The van der Waals surface area contributed by atoms with Crippen LogP contribution in [0.25, 0.3) is 6.08 Å². The number of nitrogens with zero attached hydrogens (tertiary/aromatic N) is 2. The fourth-order valence-corrected chi connectivity index (χ4v) is 3.31. The lowest BCUT2D eigenvalue weighted by Crippen LogP contribution is -2.35. The van der Waals surface area contributed by atoms with Crippen molar-refractivity contribution in [1.29, 1.82) is 0 Å². The quantitative estimate of drug-likeness (QED) is 0.925. The van der Waals surface area contributed by atoms with Gasteiger partial charge in [0.1, 0.15) is 0 Å². The molecule has 2 aliphatic heterocycles. The van der Waals surface area contributed by atoms with Crippen molar-refractivity contribution in [2.24, 2.45) is 0 Å². The summed E-state index contributed by atoms with van der Waals surface area (Å²) < 4.78 is 0. The Balaban J connectivity index is 1.65. The Hall–Kier alpha value is -2.39. The van der Waals surface area contributed by atoms with Crippen LogP contribution in [-0.2, 0) is 0 Å². The van der Waals surface area contributed by atoms with E-state index < -0.39 is 0 Å². The Morgan fingerprint density at radius 1 is 1.21 bits per heavy atom. The number of piperidine rings is 1. The molecule has 0 unspecified atom stereocenters. The van der Waals surface area contributed by atoms with Crippen LogP contribution in [0.15, 0.2) is 77.8 Å². The molecule has 1 saturated heterocycles. The van der Waals surface area contributed by atoms with Gasteiger partial charge in [-0.05, 0) is 65.1 Å². The molecule has 3 heteroatoms. The smallest absolute Gasteiger partial charge is 0.0395 e. The van der Waals surface area contributed by atoms with Crippen molar-refractivity contribution < 1.29 is 0 Å². The molecule has 122 valence electrons. The van der Waals surface area contributed by atoms with Gasteiger partial charge in [0.05, 0.1) is 0 Å². The Morgan fingerprint density at radius 3 is 2.71 bits per heavy atom. The van der Waals surface area contributed by atoms with Crippen LogP contribution in [0.1, 0.15) is 18.4 Å². The standard InChI is InChI=1S/C21H23N3/c1-16-19(10-17-4-2-8-22-12-17)14-24(21-6-7-21)15-20(16)11-18-5-3-9-23-13-18/h2-5,8-12,21,23H,1,6-7,13-15H2/b19-10+,20-11+. The first-order valence-electron chi connectivity index (χ1n) is 8.63. The average molecular weight is 317 g/mol. The highest BCUT2D eigenvalue weighted by Gasteiger charge is 2.33. The number of likely N-dealkylation sites (tertiary alicyclic amines) is 1. The fourth-order valence-electron chi connectivity index (χ4n) is 3.31. The second kappa shape index (κ2) is 6.62. The Bertz CT molecular complexity index is 749. The first-order valence-corrected chi connectivity index (χ1v) is 8.63. The molecule has 3 aliphatic rings. The minimum atomic E-state index is 0.747. The number of allylic oxidation sites excluding steroid dienone is 2. The first kappa shape index (κ1) is 15.2. The number of aromatic nitrogens is 1. The number of hydrogen-bond donors (Lipinski definition) is 1. The van der Waals surface area contributed by atoms with Crippen molar-refractivity contribution in [1.82, 2.24) is 15.2 Å². The van der Waals surface area contributed by atoms with Gasteiger partial charge in [0.2, 0.25) is 0 Å². The van der Waals surface area contributed by atoms with Crippen LogP contribution >= 0.6 is 0 Å². The van der Waals surface area contributed by atoms with Crippen molar-refractivity contribution in [2.75, 3.05) is 19.6 Å². The van der Waals surface area contributed by atoms with Crippen LogP contribution in [-0.4, -0.2) is 35.6 Å². The van der Waals surface area contributed by atoms with E-state index in [9.17, 15) is 0 Å². The second-order valence-corrected chi connectivity index (χ2v) is 6.72. The van der Waals surface area contributed by atoms with Crippen molar-refractivity contribution in [2.45, 2.75) is 18.9 Å². The van der Waals surface area contributed by atoms with Gasteiger partial charge in [0.15, 0.2) is 0 Å². The van der Waals surface area contributed by atoms with Gasteiger partial charge in [0.25, 0.3) is 0 Å². The molecule has 0 atom stereocenters. The van der Waals surface area contributed by atoms with Crippen LogP contribution in [0.3, 0.4) is 0 Å². The molecule has 1 aliphatic carbocycles. The predicted molar refractivity (Wildman–Crippen MR) is 99.3 cm³/mol. The normalized spacial score (nSPS) is 25.0. The minimum Gasteiger partial charge on any atom is -0.387 e. The maximum atomic E-state index is 4.40. The molecule has 2 fully saturated rings. The molecular weight excluding hydrogens is 294 g/mol. The van der Waals surface area contributed by atoms with Crippen molar-refractivity contribution in [3.05, 3.63) is 83.4 Å². The van der Waals surface area contributed by atoms with Crippen LogP contribution in [0, 0.1) is 0 Å². The first-order chi connectivity index (χ1) is 11.8. The molecule has 1 aromatic heterocycles. The van der Waals surface area contributed by atoms with E-state index >= 15 is 0 Å². The SMILES string of the molecule is C=C1/C(=C/C2=CC=CNC2)CN(C2CC2)C/C1=C\c1cccnc1. The highest BCUT2D eigenvalue weighted by atomic mass is 15.2. The van der Waals surface area contributed by atoms with E-state index in [1.54, 1.807) is 0 Å². The zero-order chi connectivity index (χ0) is 16.4. The van der Waals surface area contributed by atoms with Gasteiger partial charge < -0.3 is 5.32 Å². The Morgan fingerprint density at radius 2 is 2.04 bits per heavy atom. The number of dihydropyridines is 1. The molecule has 3 nitrogen and oxygen atoms in total. The van der Waals surface area contributed by atoms with Crippen LogP contribution in [0.5, 0.6) is 0 Å². The summed E-state index contributed by atoms with van der Waals surface area (Å²) in [5.74, 6) is 0. The molecule has 0 aromatic carbocycles. The van der Waals surface area contributed by atoms with E-state index in [1.165, 1.54) is 35.1 Å². The molecule has 0 amide bonds. The lowest BCUT2D eigenvalue weighted by molar-refractivity contribution is 0.303. The predicted octanol–water partition coefficient (Wildman–Crippen LogP) is 3.47. The van der Waals surface area contributed by atoms with Gasteiger partial charge >= 0.3 is 0 Å². The van der Waals surface area contributed by atoms with Gasteiger partial charge in [-0.25, -0.2) is 0 Å². The third kappa shape index (κ3) is 3.41. The molecule has 0 radical (unpaired) electrons. The second-order valence-electron chi connectivity index (χ2n) is 6.72. The largest absolute Gasteiger partial charge is 0.387 e. The molecule has 1 saturated carbocycles. The van der Waals surface area contributed by atoms with Gasteiger partial charge in [-0.2, -0.15) is 0 Å². The molecule has 24 heavy (non-hydrogen) atoms. The highest BCUT2D eigenvalue weighted by molar-refractivity contribution is 5.64. The topological polar surface area (TPSA) is 28.2 Å². The summed E-state index contributed by atoms with van der Waals surface area (Å²) >= 11 is 0. The van der Waals surface area contributed by atoms with E-state index in [1.807, 2.05) is 24.7 Å². The number of pyridine rings is 1. The van der Waals surface area contributed by atoms with Crippen LogP contribution in [0.4, 0.5) is 0 Å². The number of nitrogens with one attached hydrogen (secondary N) is 1. The van der Waals surface area contributed by atoms with Gasteiger partial charge in [-0.15, -0.1) is 0 Å². The molecule has 0 spiro atoms. The van der Waals surface area contributed by atoms with Crippen molar-refractivity contribution in [3.63, 3.8) is 0 Å². The summed E-state index contributed by atoms with van der Waals surface area (Å²) in [6, 6.07) is 4.83. The Labute approximate surface area is 143 Å². The zero-order valence-corrected chi connectivity index (χ0v) is 13.9. The van der Waals surface area contributed by atoms with Crippen LogP contribution < -0.4 is 5.32 Å². The lowest BCUT2D eigenvalue weighted by atomic mass is 9.91. The molecule has 4 rings (SSSR count). The monoisotopic (exact) mass is 317 g/mol. The Kier molecular flexibility index (Phi) is 4.18. The minimum absolute atomic E-state index is 0.747. The summed E-state index contributed by atoms with van der Waals surface area (Å²) in [5.41, 5.74) is 6.28. The molecule has 0 bridgehead atoms. The van der Waals surface area contributed by atoms with Gasteiger partial charge in [0, 0.05) is 38.1 Å². The van der Waals surface area contributed by atoms with E-state index in [0.29, 0.717) is 0 Å². The van der Waals surface area contributed by atoms with Crippen molar-refractivity contribution in [3.8, 4) is 0 Å². The molecule has 3 heterocycles. The summed E-state index contributed by atoms with van der Waals surface area (Å²) in [5, 5.41) is 3.28. The maximum absolute atomic E-state index is 4.40. The third-order valence-corrected chi connectivity index (χ3v) is 4.80. The lowest BCUT2D eigenvalue weighted by Gasteiger charge is -2.32. The van der Waals surface area contributed by atoms with E-state index in [2.05, 4.69) is 52.2 Å². The van der Waals surface area contributed by atoms with E-state index in [4.69, 9.17) is 0 Å². The summed E-state index contributed by atoms with van der Waals surface area (Å²) in [4.78, 5) is 6.82. The fraction of sp³-hybridized carbons (Fsp3) is 0.286. The summed E-state index contributed by atoms with van der Waals surface area (Å²) in [6.07, 6.45) is 17.2. The molecule has 1 N–H and O–H groups in total. The molecule has 1 aromatic rings. The van der Waals surface area contributed by atoms with E-state index in [-0.39, 0.29) is 0 Å². The third-order valence-electron chi connectivity index (χ3n) is 4.80. The van der Waals surface area contributed by atoms with Crippen molar-refractivity contribution >= 4 is 6.08 Å². The number of hydrogen-bond acceptors (Lipinski definition) is 3. The molecular formula is C21H23N3. The van der Waals surface area contributed by atoms with E-state index in [0.717, 1.165) is 31.2 Å². The summed E-state index contributed by atoms with van der Waals surface area (Å²) in [7, 11) is 0. The van der Waals surface area contributed by atoms with Gasteiger partial charge in [-0.1, -0.05) is 24.8 Å². The number of rotatable bonds is 3. The average Bonchev–Trinajstić information content (AvgIpc) is 3.45. The highest BCUT2D eigenvalue weighted by Crippen LogP contribution is 2.35. The van der Waals surface area contributed by atoms with Crippen LogP contribution in [0.2, 0.25) is 0 Å². The summed E-state index contributed by atoms with van der Waals surface area (Å²) in [6.45, 7) is 7.29.